The predicted octanol–water partition coefficient (Wildman–Crippen LogP) is 5.20. The van der Waals surface area contributed by atoms with Crippen LogP contribution in [-0.4, -0.2) is 11.7 Å². The second-order valence-corrected chi connectivity index (χ2v) is 9.35. The molecule has 1 heterocycles. The molecule has 1 amide bonds. The molecule has 0 aliphatic carbocycles. The second kappa shape index (κ2) is 10.8. The summed E-state index contributed by atoms with van der Waals surface area (Å²) in [6, 6.07) is 17.8. The van der Waals surface area contributed by atoms with Crippen LogP contribution in [0.15, 0.2) is 54.7 Å². The number of anilines is 1. The van der Waals surface area contributed by atoms with Crippen molar-refractivity contribution < 1.29 is 19.0 Å². The van der Waals surface area contributed by atoms with E-state index in [4.69, 9.17) is 20.0 Å². The number of carbonyl (C=O) groups excluding carboxylic acids is 1. The zero-order chi connectivity index (χ0) is 26.5. The fraction of sp³-hybridized carbons (Fsp3) is 0.286. The highest BCUT2D eigenvalue weighted by Crippen LogP contribution is 2.28. The molecule has 3 rings (SSSR count). The number of benzene rings is 2. The number of rotatable bonds is 6. The lowest BCUT2D eigenvalue weighted by Gasteiger charge is -2.28. The fourth-order valence-electron chi connectivity index (χ4n) is 3.58. The van der Waals surface area contributed by atoms with Crippen molar-refractivity contribution in [2.75, 3.05) is 4.90 Å². The number of nitriles is 2. The molecule has 3 aromatic rings. The molecule has 0 radical (unpaired) electrons. The molecule has 0 N–H and O–H groups in total. The third-order valence-electron chi connectivity index (χ3n) is 5.44. The molecule has 0 aliphatic rings. The first-order chi connectivity index (χ1) is 17.0. The van der Waals surface area contributed by atoms with E-state index < -0.39 is 11.7 Å². The summed E-state index contributed by atoms with van der Waals surface area (Å²) in [7, 11) is 0. The minimum atomic E-state index is -0.727. The fourth-order valence-corrected chi connectivity index (χ4v) is 3.58. The quantitative estimate of drug-likeness (QED) is 0.351. The number of amides is 1. The van der Waals surface area contributed by atoms with Crippen LogP contribution in [0, 0.1) is 41.7 Å². The van der Waals surface area contributed by atoms with E-state index in [0.29, 0.717) is 39.4 Å². The lowest BCUT2D eigenvalue weighted by molar-refractivity contribution is -0.613. The van der Waals surface area contributed by atoms with Crippen molar-refractivity contribution in [3.05, 3.63) is 93.4 Å². The van der Waals surface area contributed by atoms with Gasteiger partial charge in [-0.05, 0) is 69.7 Å². The van der Waals surface area contributed by atoms with Gasteiger partial charge in [-0.15, -0.1) is 0 Å². The minimum absolute atomic E-state index is 0.0510. The Hall–Kier alpha value is -4.56. The van der Waals surface area contributed by atoms with Gasteiger partial charge in [0.2, 0.25) is 5.69 Å². The Labute approximate surface area is 211 Å². The maximum Gasteiger partial charge on any atom is 0.415 e. The van der Waals surface area contributed by atoms with Crippen LogP contribution in [0.5, 0.6) is 5.75 Å². The topological polar surface area (TPSA) is 113 Å². The summed E-state index contributed by atoms with van der Waals surface area (Å²) in [5, 5.41) is 31.0. The first-order valence-corrected chi connectivity index (χ1v) is 11.4. The van der Waals surface area contributed by atoms with E-state index in [1.807, 2.05) is 13.0 Å². The van der Waals surface area contributed by atoms with E-state index in [0.717, 1.165) is 10.3 Å². The number of ether oxygens (including phenoxy) is 2. The lowest BCUT2D eigenvalue weighted by atomic mass is 10.1. The predicted molar refractivity (Wildman–Crippen MR) is 134 cm³/mol. The highest BCUT2D eigenvalue weighted by molar-refractivity contribution is 5.88. The van der Waals surface area contributed by atoms with Crippen molar-refractivity contribution >= 4 is 11.8 Å². The molecule has 0 aliphatic heterocycles. The van der Waals surface area contributed by atoms with Crippen LogP contribution in [0.2, 0.25) is 0 Å². The Morgan fingerprint density at radius 3 is 2.33 bits per heavy atom. The Bertz CT molecular complexity index is 1350. The van der Waals surface area contributed by atoms with Crippen molar-refractivity contribution in [1.29, 1.82) is 10.5 Å². The molecule has 36 heavy (non-hydrogen) atoms. The Morgan fingerprint density at radius 2 is 1.72 bits per heavy atom. The van der Waals surface area contributed by atoms with E-state index in [1.165, 1.54) is 11.1 Å². The van der Waals surface area contributed by atoms with Gasteiger partial charge in [-0.2, -0.15) is 15.3 Å². The van der Waals surface area contributed by atoms with Crippen molar-refractivity contribution in [3.8, 4) is 17.9 Å². The number of carbonyl (C=O) groups is 1. The molecule has 0 unspecified atom stereocenters. The van der Waals surface area contributed by atoms with E-state index in [1.54, 1.807) is 70.2 Å². The SMILES string of the molecule is Cc1c(CN(C(=O)OC(C)(C)C)c2ccc(C#N)cc2)c[n+]([O-])c(C)c1OCc1cccc(C#N)c1. The van der Waals surface area contributed by atoms with E-state index in [9.17, 15) is 10.0 Å². The van der Waals surface area contributed by atoms with Gasteiger partial charge in [0.25, 0.3) is 0 Å². The maximum atomic E-state index is 13.1. The summed E-state index contributed by atoms with van der Waals surface area (Å²) < 4.78 is 12.4. The van der Waals surface area contributed by atoms with Crippen molar-refractivity contribution in [2.24, 2.45) is 0 Å². The van der Waals surface area contributed by atoms with Gasteiger partial charge in [0.1, 0.15) is 12.2 Å². The lowest BCUT2D eigenvalue weighted by Crippen LogP contribution is -2.38. The van der Waals surface area contributed by atoms with E-state index in [-0.39, 0.29) is 13.2 Å². The highest BCUT2D eigenvalue weighted by Gasteiger charge is 2.27. The van der Waals surface area contributed by atoms with Crippen molar-refractivity contribution in [2.45, 2.75) is 53.4 Å². The summed E-state index contributed by atoms with van der Waals surface area (Å²) in [4.78, 5) is 14.6. The van der Waals surface area contributed by atoms with Gasteiger partial charge >= 0.3 is 6.09 Å². The number of nitrogens with zero attached hydrogens (tertiary/aromatic N) is 4. The highest BCUT2D eigenvalue weighted by atomic mass is 16.6. The maximum absolute atomic E-state index is 13.1. The third kappa shape index (κ3) is 6.31. The minimum Gasteiger partial charge on any atom is -0.618 e. The normalized spacial score (nSPS) is 10.8. The molecule has 2 aromatic carbocycles. The number of hydrogen-bond donors (Lipinski definition) is 0. The molecular formula is C28H28N4O4. The van der Waals surface area contributed by atoms with Gasteiger partial charge in [-0.25, -0.2) is 4.79 Å². The summed E-state index contributed by atoms with van der Waals surface area (Å²) in [6.07, 6.45) is 0.842. The smallest absolute Gasteiger partial charge is 0.415 e. The van der Waals surface area contributed by atoms with Crippen LogP contribution in [0.3, 0.4) is 0 Å². The van der Waals surface area contributed by atoms with E-state index in [2.05, 4.69) is 12.1 Å². The number of pyridine rings is 1. The van der Waals surface area contributed by atoms with Crippen LogP contribution < -0.4 is 14.4 Å². The summed E-state index contributed by atoms with van der Waals surface area (Å²) in [5.41, 5.74) is 3.24. The van der Waals surface area contributed by atoms with Crippen LogP contribution in [0.4, 0.5) is 10.5 Å². The van der Waals surface area contributed by atoms with Crippen molar-refractivity contribution in [1.82, 2.24) is 0 Å². The monoisotopic (exact) mass is 484 g/mol. The average Bonchev–Trinajstić information content (AvgIpc) is 2.84. The first-order valence-electron chi connectivity index (χ1n) is 11.4. The molecule has 1 aromatic heterocycles. The molecular weight excluding hydrogens is 456 g/mol. The van der Waals surface area contributed by atoms with E-state index >= 15 is 0 Å². The van der Waals surface area contributed by atoms with Crippen molar-refractivity contribution in [3.63, 3.8) is 0 Å². The molecule has 184 valence electrons. The summed E-state index contributed by atoms with van der Waals surface area (Å²) in [6.45, 7) is 9.04. The Kier molecular flexibility index (Phi) is 7.81. The number of aromatic nitrogens is 1. The standard InChI is InChI=1S/C28H28N4O4/c1-19-24(16-31(27(33)36-28(3,4)5)25-11-9-21(14-29)10-12-25)17-32(34)20(2)26(19)35-18-23-8-6-7-22(13-23)15-30/h6-13,17H,16,18H2,1-5H3. The van der Waals surface area contributed by atoms with Gasteiger partial charge in [-0.1, -0.05) is 12.1 Å². The van der Waals surface area contributed by atoms with Gasteiger partial charge < -0.3 is 14.7 Å². The van der Waals surface area contributed by atoms with Gasteiger partial charge in [0.15, 0.2) is 11.9 Å². The van der Waals surface area contributed by atoms with Crippen LogP contribution in [0.25, 0.3) is 0 Å². The molecule has 8 heteroatoms. The second-order valence-electron chi connectivity index (χ2n) is 9.35. The molecule has 0 fully saturated rings. The molecule has 8 nitrogen and oxygen atoms in total. The average molecular weight is 485 g/mol. The van der Waals surface area contributed by atoms with Crippen LogP contribution >= 0.6 is 0 Å². The first kappa shape index (κ1) is 26.1. The zero-order valence-corrected chi connectivity index (χ0v) is 21.0. The molecule has 0 bridgehead atoms. The van der Waals surface area contributed by atoms with Crippen LogP contribution in [0.1, 0.15) is 54.3 Å². The Morgan fingerprint density at radius 1 is 1.06 bits per heavy atom. The number of hydrogen-bond acceptors (Lipinski definition) is 6. The van der Waals surface area contributed by atoms with Gasteiger partial charge in [0.05, 0.1) is 29.8 Å². The van der Waals surface area contributed by atoms with Gasteiger partial charge in [-0.3, -0.25) is 4.90 Å². The molecule has 0 saturated carbocycles. The summed E-state index contributed by atoms with van der Waals surface area (Å²) in [5.74, 6) is 0.411. The van der Waals surface area contributed by atoms with Gasteiger partial charge in [0, 0.05) is 23.7 Å². The zero-order valence-electron chi connectivity index (χ0n) is 21.0. The largest absolute Gasteiger partial charge is 0.618 e. The molecule has 0 atom stereocenters. The Balaban J connectivity index is 1.96. The molecule has 0 spiro atoms. The molecule has 0 saturated heterocycles. The third-order valence-corrected chi connectivity index (χ3v) is 5.44. The van der Waals surface area contributed by atoms with Crippen LogP contribution in [-0.2, 0) is 17.9 Å². The summed E-state index contributed by atoms with van der Waals surface area (Å²) >= 11 is 0.